The smallest absolute Gasteiger partial charge is 0.252 e. The van der Waals surface area contributed by atoms with Crippen molar-refractivity contribution in [1.82, 2.24) is 4.31 Å². The van der Waals surface area contributed by atoms with Gasteiger partial charge in [0.15, 0.2) is 0 Å². The van der Waals surface area contributed by atoms with Crippen molar-refractivity contribution in [3.63, 3.8) is 0 Å². The Morgan fingerprint density at radius 3 is 2.59 bits per heavy atom. The molecule has 7 heteroatoms. The van der Waals surface area contributed by atoms with Crippen molar-refractivity contribution in [3.05, 3.63) is 29.8 Å². The highest BCUT2D eigenvalue weighted by molar-refractivity contribution is 7.89. The summed E-state index contributed by atoms with van der Waals surface area (Å²) in [7, 11) is -2.75. The maximum Gasteiger partial charge on any atom is 0.252 e. The fourth-order valence-electron chi connectivity index (χ4n) is 1.31. The first-order valence-corrected chi connectivity index (χ1v) is 6.35. The highest BCUT2D eigenvalue weighted by Crippen LogP contribution is 2.16. The molecule has 0 saturated carbocycles. The molecule has 2 N–H and O–H groups in total. The molecule has 1 aromatic rings. The lowest BCUT2D eigenvalue weighted by atomic mass is 10.2. The molecule has 0 fully saturated rings. The van der Waals surface area contributed by atoms with Gasteiger partial charge in [0.05, 0.1) is 11.4 Å². The number of nitrogens with two attached hydrogens (primary N) is 1. The first-order chi connectivity index (χ1) is 7.87. The summed E-state index contributed by atoms with van der Waals surface area (Å²) in [4.78, 5) is -0.0244. The molecule has 0 bridgehead atoms. The van der Waals surface area contributed by atoms with Crippen molar-refractivity contribution >= 4 is 10.0 Å². The molecule has 96 valence electrons. The molecule has 0 radical (unpaired) electrons. The minimum atomic E-state index is -3.87. The lowest BCUT2D eigenvalue weighted by molar-refractivity contribution is 0.126. The fourth-order valence-corrected chi connectivity index (χ4v) is 2.53. The van der Waals surface area contributed by atoms with Crippen LogP contribution in [-0.4, -0.2) is 32.7 Å². The van der Waals surface area contributed by atoms with Crippen LogP contribution in [0.25, 0.3) is 0 Å². The molecule has 1 rings (SSSR count). The first kappa shape index (κ1) is 14.0. The van der Waals surface area contributed by atoms with Crippen LogP contribution >= 0.6 is 0 Å². The van der Waals surface area contributed by atoms with Gasteiger partial charge in [0.2, 0.25) is 10.0 Å². The largest absolute Gasteiger partial charge is 0.326 e. The van der Waals surface area contributed by atoms with Crippen LogP contribution in [0.5, 0.6) is 0 Å². The van der Waals surface area contributed by atoms with Gasteiger partial charge in [0.1, 0.15) is 0 Å². The van der Waals surface area contributed by atoms with E-state index in [4.69, 9.17) is 5.73 Å². The summed E-state index contributed by atoms with van der Waals surface area (Å²) < 4.78 is 48.7. The molecule has 4 nitrogen and oxygen atoms in total. The van der Waals surface area contributed by atoms with Crippen LogP contribution in [0.2, 0.25) is 0 Å². The average Bonchev–Trinajstić information content (AvgIpc) is 2.28. The summed E-state index contributed by atoms with van der Waals surface area (Å²) >= 11 is 0. The van der Waals surface area contributed by atoms with Crippen LogP contribution in [0.15, 0.2) is 29.2 Å². The van der Waals surface area contributed by atoms with E-state index in [0.29, 0.717) is 9.87 Å². The molecule has 0 aromatic heterocycles. The molecule has 0 aliphatic carbocycles. The predicted molar refractivity (Wildman–Crippen MR) is 60.2 cm³/mol. The summed E-state index contributed by atoms with van der Waals surface area (Å²) in [5.41, 5.74) is 6.03. The standard InChI is InChI=1S/C10H14F2N2O2S/c1-14(7-10(11)12)17(15,16)9-4-2-3-8(5-9)6-13/h2-5,10H,6-7,13H2,1H3. The van der Waals surface area contributed by atoms with E-state index in [9.17, 15) is 17.2 Å². The minimum Gasteiger partial charge on any atom is -0.326 e. The van der Waals surface area contributed by atoms with Crippen molar-refractivity contribution in [2.24, 2.45) is 5.73 Å². The van der Waals surface area contributed by atoms with E-state index in [1.807, 2.05) is 0 Å². The molecule has 0 aliphatic rings. The van der Waals surface area contributed by atoms with Crippen LogP contribution in [0.4, 0.5) is 8.78 Å². The van der Waals surface area contributed by atoms with Crippen LogP contribution in [0.1, 0.15) is 5.56 Å². The Balaban J connectivity index is 3.04. The van der Waals surface area contributed by atoms with E-state index < -0.39 is 23.0 Å². The average molecular weight is 264 g/mol. The van der Waals surface area contributed by atoms with Gasteiger partial charge in [-0.3, -0.25) is 0 Å². The third kappa shape index (κ3) is 3.45. The van der Waals surface area contributed by atoms with E-state index in [0.717, 1.165) is 7.05 Å². The Bertz CT molecular complexity index is 477. The Morgan fingerprint density at radius 1 is 1.41 bits per heavy atom. The quantitative estimate of drug-likeness (QED) is 0.864. The summed E-state index contributed by atoms with van der Waals surface area (Å²) in [6, 6.07) is 5.95. The Kier molecular flexibility index (Phi) is 4.55. The Hall–Kier alpha value is -1.05. The zero-order chi connectivity index (χ0) is 13.1. The molecule has 0 saturated heterocycles. The van der Waals surface area contributed by atoms with Crippen molar-refractivity contribution in [3.8, 4) is 0 Å². The van der Waals surface area contributed by atoms with Gasteiger partial charge in [-0.25, -0.2) is 17.2 Å². The normalized spacial score (nSPS) is 12.4. The third-order valence-corrected chi connectivity index (χ3v) is 4.06. The molecular formula is C10H14F2N2O2S. The molecule has 0 spiro atoms. The maximum absolute atomic E-state index is 12.2. The number of hydrogen-bond acceptors (Lipinski definition) is 3. The Labute approximate surface area is 99.1 Å². The lowest BCUT2D eigenvalue weighted by Gasteiger charge is -2.16. The van der Waals surface area contributed by atoms with Crippen LogP contribution in [0.3, 0.4) is 0 Å². The summed E-state index contributed by atoms with van der Waals surface area (Å²) in [5.74, 6) is 0. The number of halogens is 2. The summed E-state index contributed by atoms with van der Waals surface area (Å²) in [6.45, 7) is -0.628. The van der Waals surface area contributed by atoms with Crippen molar-refractivity contribution in [2.75, 3.05) is 13.6 Å². The Morgan fingerprint density at radius 2 is 2.06 bits per heavy atom. The van der Waals surface area contributed by atoms with E-state index in [1.54, 1.807) is 6.07 Å². The second-order valence-corrected chi connectivity index (χ2v) is 5.57. The van der Waals surface area contributed by atoms with E-state index in [1.165, 1.54) is 18.2 Å². The monoisotopic (exact) mass is 264 g/mol. The molecule has 1 aromatic carbocycles. The van der Waals surface area contributed by atoms with Crippen LogP contribution in [-0.2, 0) is 16.6 Å². The van der Waals surface area contributed by atoms with E-state index >= 15 is 0 Å². The van der Waals surface area contributed by atoms with Gasteiger partial charge in [-0.15, -0.1) is 0 Å². The number of alkyl halides is 2. The number of benzene rings is 1. The van der Waals surface area contributed by atoms with E-state index in [-0.39, 0.29) is 11.4 Å². The highest BCUT2D eigenvalue weighted by Gasteiger charge is 2.23. The van der Waals surface area contributed by atoms with Gasteiger partial charge < -0.3 is 5.73 Å². The van der Waals surface area contributed by atoms with Crippen molar-refractivity contribution in [1.29, 1.82) is 0 Å². The molecule has 0 aliphatic heterocycles. The number of nitrogens with zero attached hydrogens (tertiary/aromatic N) is 1. The van der Waals surface area contributed by atoms with E-state index in [2.05, 4.69) is 0 Å². The summed E-state index contributed by atoms with van der Waals surface area (Å²) in [6.07, 6.45) is -2.70. The number of rotatable bonds is 5. The van der Waals surface area contributed by atoms with Crippen LogP contribution in [0, 0.1) is 0 Å². The van der Waals surface area contributed by atoms with Gasteiger partial charge in [-0.2, -0.15) is 4.31 Å². The topological polar surface area (TPSA) is 63.4 Å². The molecular weight excluding hydrogens is 250 g/mol. The van der Waals surface area contributed by atoms with Gasteiger partial charge in [0.25, 0.3) is 6.43 Å². The SMILES string of the molecule is CN(CC(F)F)S(=O)(=O)c1cccc(CN)c1. The second kappa shape index (κ2) is 5.52. The maximum atomic E-state index is 12.2. The van der Waals surface area contributed by atoms with Crippen molar-refractivity contribution in [2.45, 2.75) is 17.9 Å². The number of hydrogen-bond donors (Lipinski definition) is 1. The second-order valence-electron chi connectivity index (χ2n) is 3.53. The zero-order valence-electron chi connectivity index (χ0n) is 9.31. The van der Waals surface area contributed by atoms with Gasteiger partial charge in [-0.1, -0.05) is 12.1 Å². The van der Waals surface area contributed by atoms with Gasteiger partial charge >= 0.3 is 0 Å². The zero-order valence-corrected chi connectivity index (χ0v) is 10.1. The highest BCUT2D eigenvalue weighted by atomic mass is 32.2. The van der Waals surface area contributed by atoms with Crippen molar-refractivity contribution < 1.29 is 17.2 Å². The minimum absolute atomic E-state index is 0.0244. The molecule has 17 heavy (non-hydrogen) atoms. The first-order valence-electron chi connectivity index (χ1n) is 4.91. The lowest BCUT2D eigenvalue weighted by Crippen LogP contribution is -2.31. The molecule has 0 atom stereocenters. The van der Waals surface area contributed by atoms with Crippen LogP contribution < -0.4 is 5.73 Å². The molecule has 0 unspecified atom stereocenters. The number of sulfonamides is 1. The van der Waals surface area contributed by atoms with Gasteiger partial charge in [0, 0.05) is 13.6 Å². The fraction of sp³-hybridized carbons (Fsp3) is 0.400. The molecule has 0 heterocycles. The molecule has 0 amide bonds. The summed E-state index contributed by atoms with van der Waals surface area (Å²) in [5, 5.41) is 0. The van der Waals surface area contributed by atoms with Gasteiger partial charge in [-0.05, 0) is 17.7 Å². The predicted octanol–water partition coefficient (Wildman–Crippen LogP) is 1.03. The third-order valence-electron chi connectivity index (χ3n) is 2.24.